The number of ketones is 1. The van der Waals surface area contributed by atoms with Gasteiger partial charge in [0.1, 0.15) is 5.78 Å². The Morgan fingerprint density at radius 1 is 0.800 bits per heavy atom. The van der Waals surface area contributed by atoms with Crippen LogP contribution >= 0.6 is 0 Å². The molecule has 5 aliphatic carbocycles. The monoisotopic (exact) mass is 262 g/mol. The molecule has 5 saturated carbocycles. The van der Waals surface area contributed by atoms with Crippen LogP contribution in [0.4, 0.5) is 0 Å². The molecule has 1 aromatic carbocycles. The van der Waals surface area contributed by atoms with Crippen LogP contribution in [0.2, 0.25) is 0 Å². The minimum atomic E-state index is 0.455. The second-order valence-corrected chi connectivity index (χ2v) is 7.66. The van der Waals surface area contributed by atoms with Gasteiger partial charge in [-0.15, -0.1) is 0 Å². The summed E-state index contributed by atoms with van der Waals surface area (Å²) >= 11 is 0. The number of rotatable bonds is 1. The predicted octanol–water partition coefficient (Wildman–Crippen LogP) is 3.42. The maximum atomic E-state index is 12.5. The Balaban J connectivity index is 1.51. The van der Waals surface area contributed by atoms with Gasteiger partial charge in [-0.1, -0.05) is 42.0 Å². The molecule has 5 aliphatic rings. The minimum absolute atomic E-state index is 0.455. The van der Waals surface area contributed by atoms with E-state index in [1.807, 2.05) is 0 Å². The summed E-state index contributed by atoms with van der Waals surface area (Å²) in [5.41, 5.74) is 3.08. The molecule has 0 saturated heterocycles. The van der Waals surface area contributed by atoms with Gasteiger partial charge in [-0.2, -0.15) is 0 Å². The molecule has 8 unspecified atom stereocenters. The average molecular weight is 262 g/mol. The fourth-order valence-corrected chi connectivity index (χ4v) is 7.04. The number of hydrogen-bond acceptors (Lipinski definition) is 1. The van der Waals surface area contributed by atoms with Crippen molar-refractivity contribution >= 4 is 11.9 Å². The molecular formula is C19H18O. The van der Waals surface area contributed by atoms with Gasteiger partial charge in [0.15, 0.2) is 0 Å². The van der Waals surface area contributed by atoms with E-state index in [0.29, 0.717) is 17.6 Å². The summed E-state index contributed by atoms with van der Waals surface area (Å²) in [6.07, 6.45) is 4.85. The summed E-state index contributed by atoms with van der Waals surface area (Å²) in [4.78, 5) is 12.5. The third kappa shape index (κ3) is 0.915. The van der Waals surface area contributed by atoms with E-state index in [1.54, 1.807) is 5.57 Å². The van der Waals surface area contributed by atoms with Crippen LogP contribution in [0, 0.1) is 47.3 Å². The molecule has 20 heavy (non-hydrogen) atoms. The highest BCUT2D eigenvalue weighted by molar-refractivity contribution is 5.89. The van der Waals surface area contributed by atoms with Crippen LogP contribution in [0.15, 0.2) is 35.9 Å². The molecule has 6 rings (SSSR count). The lowest BCUT2D eigenvalue weighted by atomic mass is 9.60. The van der Waals surface area contributed by atoms with Gasteiger partial charge in [-0.25, -0.2) is 0 Å². The molecule has 5 fully saturated rings. The molecule has 0 radical (unpaired) electrons. The van der Waals surface area contributed by atoms with E-state index in [9.17, 15) is 4.79 Å². The number of carbonyl (C=O) groups excluding carboxylic acids is 1. The van der Waals surface area contributed by atoms with Crippen LogP contribution in [0.5, 0.6) is 0 Å². The Morgan fingerprint density at radius 3 is 1.95 bits per heavy atom. The van der Waals surface area contributed by atoms with E-state index >= 15 is 0 Å². The van der Waals surface area contributed by atoms with Gasteiger partial charge in [0.05, 0.1) is 0 Å². The first kappa shape index (κ1) is 10.4. The second-order valence-electron chi connectivity index (χ2n) is 7.66. The summed E-state index contributed by atoms with van der Waals surface area (Å²) in [6.45, 7) is 0. The molecule has 0 bridgehead atoms. The highest BCUT2D eigenvalue weighted by Gasteiger charge is 2.78. The molecule has 1 nitrogen and oxygen atoms in total. The Morgan fingerprint density at radius 2 is 1.35 bits per heavy atom. The highest BCUT2D eigenvalue weighted by Crippen LogP contribution is 2.80. The first-order chi connectivity index (χ1) is 9.84. The summed E-state index contributed by atoms with van der Waals surface area (Å²) in [5, 5.41) is 0. The Labute approximate surface area is 119 Å². The van der Waals surface area contributed by atoms with E-state index in [0.717, 1.165) is 35.5 Å². The van der Waals surface area contributed by atoms with Crippen molar-refractivity contribution in [1.82, 2.24) is 0 Å². The van der Waals surface area contributed by atoms with E-state index < -0.39 is 0 Å². The van der Waals surface area contributed by atoms with Crippen molar-refractivity contribution in [1.29, 1.82) is 0 Å². The molecule has 1 heteroatoms. The quantitative estimate of drug-likeness (QED) is 0.758. The lowest BCUT2D eigenvalue weighted by molar-refractivity contribution is -0.124. The smallest absolute Gasteiger partial charge is 0.139 e. The van der Waals surface area contributed by atoms with Gasteiger partial charge in [-0.3, -0.25) is 4.79 Å². The van der Waals surface area contributed by atoms with Crippen LogP contribution in [-0.2, 0) is 4.79 Å². The van der Waals surface area contributed by atoms with Gasteiger partial charge >= 0.3 is 0 Å². The van der Waals surface area contributed by atoms with Gasteiger partial charge in [0, 0.05) is 11.8 Å². The minimum Gasteiger partial charge on any atom is -0.299 e. The highest BCUT2D eigenvalue weighted by atomic mass is 16.1. The van der Waals surface area contributed by atoms with Crippen molar-refractivity contribution in [3.05, 3.63) is 41.5 Å². The zero-order chi connectivity index (χ0) is 13.0. The number of Topliss-reactive ketones (excluding diaryl/α,β-unsaturated/α-hetero) is 1. The zero-order valence-corrected chi connectivity index (χ0v) is 11.4. The molecule has 100 valence electrons. The fraction of sp³-hybridized carbons (Fsp3) is 0.526. The Hall–Kier alpha value is -1.37. The van der Waals surface area contributed by atoms with Gasteiger partial charge in [0.2, 0.25) is 0 Å². The van der Waals surface area contributed by atoms with Crippen molar-refractivity contribution in [2.24, 2.45) is 47.3 Å². The second kappa shape index (κ2) is 3.10. The Bertz CT molecular complexity index is 624. The van der Waals surface area contributed by atoms with Crippen molar-refractivity contribution in [2.45, 2.75) is 12.8 Å². The molecule has 0 aliphatic heterocycles. The van der Waals surface area contributed by atoms with Gasteiger partial charge in [0.25, 0.3) is 0 Å². The molecule has 1 aromatic rings. The third-order valence-corrected chi connectivity index (χ3v) is 7.37. The first-order valence-electron chi connectivity index (χ1n) is 8.15. The summed E-state index contributed by atoms with van der Waals surface area (Å²) in [5.74, 6) is 6.46. The van der Waals surface area contributed by atoms with Crippen LogP contribution < -0.4 is 0 Å². The lowest BCUT2D eigenvalue weighted by Gasteiger charge is -2.43. The SMILES string of the molecule is O=C1C2CC3C(=Cc4ccccc4)C4CC1C1C2C3C41. The number of benzene rings is 1. The number of hydrogen-bond donors (Lipinski definition) is 0. The molecule has 0 spiro atoms. The van der Waals surface area contributed by atoms with Gasteiger partial charge in [-0.05, 0) is 53.9 Å². The molecule has 0 amide bonds. The van der Waals surface area contributed by atoms with E-state index in [2.05, 4.69) is 36.4 Å². The van der Waals surface area contributed by atoms with Crippen LogP contribution in [0.1, 0.15) is 18.4 Å². The van der Waals surface area contributed by atoms with Crippen molar-refractivity contribution < 1.29 is 4.79 Å². The van der Waals surface area contributed by atoms with E-state index in [-0.39, 0.29) is 0 Å². The fourth-order valence-electron chi connectivity index (χ4n) is 7.04. The zero-order valence-electron chi connectivity index (χ0n) is 11.4. The number of carbonyl (C=O) groups is 1. The van der Waals surface area contributed by atoms with Crippen molar-refractivity contribution in [3.63, 3.8) is 0 Å². The topological polar surface area (TPSA) is 17.1 Å². The van der Waals surface area contributed by atoms with Crippen molar-refractivity contribution in [2.75, 3.05) is 0 Å². The van der Waals surface area contributed by atoms with Crippen LogP contribution in [0.3, 0.4) is 0 Å². The van der Waals surface area contributed by atoms with E-state index in [1.165, 1.54) is 18.4 Å². The lowest BCUT2D eigenvalue weighted by Crippen LogP contribution is -2.41. The average Bonchev–Trinajstić information content (AvgIpc) is 3.06. The molecular weight excluding hydrogens is 244 g/mol. The normalized spacial score (nSPS) is 52.6. The maximum Gasteiger partial charge on any atom is 0.139 e. The van der Waals surface area contributed by atoms with Crippen LogP contribution in [0.25, 0.3) is 6.08 Å². The van der Waals surface area contributed by atoms with Gasteiger partial charge < -0.3 is 0 Å². The molecule has 0 N–H and O–H groups in total. The van der Waals surface area contributed by atoms with Crippen LogP contribution in [-0.4, -0.2) is 5.78 Å². The predicted molar refractivity (Wildman–Crippen MR) is 76.6 cm³/mol. The molecule has 0 heterocycles. The summed E-state index contributed by atoms with van der Waals surface area (Å²) in [7, 11) is 0. The Kier molecular flexibility index (Phi) is 1.61. The summed E-state index contributed by atoms with van der Waals surface area (Å²) in [6, 6.07) is 10.8. The molecule has 0 aromatic heterocycles. The van der Waals surface area contributed by atoms with Crippen molar-refractivity contribution in [3.8, 4) is 0 Å². The standard InChI is InChI=1S/C19H18O/c20-19-13-7-11-10(6-9-4-2-1-3-5-9)12-8-14(19)18-16(12)15(11)17(13)18/h1-6,11-18H,7-8H2. The molecule has 8 atom stereocenters. The van der Waals surface area contributed by atoms with E-state index in [4.69, 9.17) is 0 Å². The largest absolute Gasteiger partial charge is 0.299 e. The maximum absolute atomic E-state index is 12.5. The summed E-state index contributed by atoms with van der Waals surface area (Å²) < 4.78 is 0. The number of allylic oxidation sites excluding steroid dienone is 1. The first-order valence-corrected chi connectivity index (χ1v) is 8.15. The third-order valence-electron chi connectivity index (χ3n) is 7.37.